The Hall–Kier alpha value is -1.32. The second kappa shape index (κ2) is 6.03. The molecule has 2 rings (SSSR count). The van der Waals surface area contributed by atoms with Crippen molar-refractivity contribution in [3.63, 3.8) is 0 Å². The number of rotatable bonds is 4. The van der Waals surface area contributed by atoms with Crippen molar-refractivity contribution in [2.45, 2.75) is 12.2 Å². The molecule has 94 valence electrons. The third-order valence-electron chi connectivity index (χ3n) is 2.81. The smallest absolute Gasteiger partial charge is 0.131 e. The predicted octanol–water partition coefficient (Wildman–Crippen LogP) is 4.85. The molecule has 0 saturated heterocycles. The molecule has 0 aromatic heterocycles. The summed E-state index contributed by atoms with van der Waals surface area (Å²) >= 11 is 1.42. The van der Waals surface area contributed by atoms with Crippen molar-refractivity contribution in [3.05, 3.63) is 59.9 Å². The summed E-state index contributed by atoms with van der Waals surface area (Å²) < 4.78 is 18.7. The van der Waals surface area contributed by atoms with Crippen LogP contribution in [-0.2, 0) is 4.18 Å². The zero-order chi connectivity index (χ0) is 13.0. The fourth-order valence-electron chi connectivity index (χ4n) is 1.83. The zero-order valence-electron chi connectivity index (χ0n) is 10.4. The van der Waals surface area contributed by atoms with Crippen LogP contribution in [0.25, 0.3) is 11.1 Å². The summed E-state index contributed by atoms with van der Waals surface area (Å²) in [6, 6.07) is 14.7. The Kier molecular flexibility index (Phi) is 4.39. The highest BCUT2D eigenvalue weighted by Gasteiger charge is 2.08. The highest BCUT2D eigenvalue weighted by molar-refractivity contribution is 7.94. The summed E-state index contributed by atoms with van der Waals surface area (Å²) in [5.41, 5.74) is 2.70. The van der Waals surface area contributed by atoms with Crippen molar-refractivity contribution < 1.29 is 8.57 Å². The minimum absolute atomic E-state index is 0.190. The van der Waals surface area contributed by atoms with Crippen LogP contribution in [-0.4, -0.2) is 7.11 Å². The van der Waals surface area contributed by atoms with Gasteiger partial charge in [0.1, 0.15) is 5.82 Å². The molecule has 2 aromatic rings. The minimum Gasteiger partial charge on any atom is -0.318 e. The molecule has 0 amide bonds. The Bertz CT molecular complexity index is 510. The van der Waals surface area contributed by atoms with E-state index in [9.17, 15) is 4.39 Å². The lowest BCUT2D eigenvalue weighted by Gasteiger charge is -2.10. The molecule has 1 unspecified atom stereocenters. The van der Waals surface area contributed by atoms with Crippen LogP contribution in [0.5, 0.6) is 0 Å². The van der Waals surface area contributed by atoms with Crippen LogP contribution in [0.2, 0.25) is 0 Å². The summed E-state index contributed by atoms with van der Waals surface area (Å²) in [6.07, 6.45) is 0. The van der Waals surface area contributed by atoms with Crippen molar-refractivity contribution in [2.75, 3.05) is 7.11 Å². The van der Waals surface area contributed by atoms with E-state index in [0.29, 0.717) is 5.56 Å². The molecule has 0 fully saturated rings. The predicted molar refractivity (Wildman–Crippen MR) is 74.9 cm³/mol. The molecule has 0 saturated carbocycles. The molecule has 2 aromatic carbocycles. The van der Waals surface area contributed by atoms with Crippen LogP contribution in [0.3, 0.4) is 0 Å². The van der Waals surface area contributed by atoms with Gasteiger partial charge >= 0.3 is 0 Å². The molecule has 18 heavy (non-hydrogen) atoms. The van der Waals surface area contributed by atoms with Crippen LogP contribution in [0.15, 0.2) is 48.5 Å². The molecule has 0 aliphatic carbocycles. The van der Waals surface area contributed by atoms with Gasteiger partial charge in [-0.1, -0.05) is 42.5 Å². The quantitative estimate of drug-likeness (QED) is 0.728. The topological polar surface area (TPSA) is 9.23 Å². The number of halogens is 1. The Labute approximate surface area is 111 Å². The van der Waals surface area contributed by atoms with E-state index < -0.39 is 0 Å². The van der Waals surface area contributed by atoms with E-state index in [1.807, 2.05) is 30.3 Å². The lowest BCUT2D eigenvalue weighted by molar-refractivity contribution is 0.485. The van der Waals surface area contributed by atoms with Gasteiger partial charge in [-0.3, -0.25) is 0 Å². The van der Waals surface area contributed by atoms with E-state index in [0.717, 1.165) is 5.56 Å². The van der Waals surface area contributed by atoms with Gasteiger partial charge in [0.25, 0.3) is 0 Å². The first kappa shape index (κ1) is 13.1. The highest BCUT2D eigenvalue weighted by Crippen LogP contribution is 2.30. The lowest BCUT2D eigenvalue weighted by Crippen LogP contribution is -1.89. The van der Waals surface area contributed by atoms with Crippen molar-refractivity contribution >= 4 is 12.0 Å². The molecule has 3 heteroatoms. The Balaban J connectivity index is 2.25. The van der Waals surface area contributed by atoms with E-state index in [4.69, 9.17) is 4.18 Å². The van der Waals surface area contributed by atoms with Crippen LogP contribution >= 0.6 is 12.0 Å². The molecular weight excluding hydrogens is 247 g/mol. The molecular formula is C15H15FOS. The monoisotopic (exact) mass is 262 g/mol. The van der Waals surface area contributed by atoms with Gasteiger partial charge in [0.15, 0.2) is 0 Å². The summed E-state index contributed by atoms with van der Waals surface area (Å²) in [5.74, 6) is -0.190. The van der Waals surface area contributed by atoms with E-state index in [1.165, 1.54) is 23.7 Å². The average molecular weight is 262 g/mol. The van der Waals surface area contributed by atoms with Gasteiger partial charge in [-0.2, -0.15) is 0 Å². The van der Waals surface area contributed by atoms with Gasteiger partial charge in [-0.15, -0.1) is 0 Å². The normalized spacial score (nSPS) is 12.4. The van der Waals surface area contributed by atoms with E-state index in [-0.39, 0.29) is 11.1 Å². The minimum atomic E-state index is -0.190. The van der Waals surface area contributed by atoms with E-state index in [1.54, 1.807) is 19.2 Å². The zero-order valence-corrected chi connectivity index (χ0v) is 11.2. The van der Waals surface area contributed by atoms with Gasteiger partial charge in [-0.25, -0.2) is 4.39 Å². The summed E-state index contributed by atoms with van der Waals surface area (Å²) in [5, 5.41) is 0.268. The Morgan fingerprint density at radius 3 is 2.33 bits per heavy atom. The SMILES string of the molecule is COSC(C)c1ccc(-c2ccccc2F)cc1. The van der Waals surface area contributed by atoms with Gasteiger partial charge in [0, 0.05) is 5.56 Å². The van der Waals surface area contributed by atoms with Crippen molar-refractivity contribution in [1.82, 2.24) is 0 Å². The molecule has 0 heterocycles. The summed E-state index contributed by atoms with van der Waals surface area (Å²) in [4.78, 5) is 0. The van der Waals surface area contributed by atoms with Crippen molar-refractivity contribution in [3.8, 4) is 11.1 Å². The second-order valence-electron chi connectivity index (χ2n) is 4.01. The van der Waals surface area contributed by atoms with Gasteiger partial charge in [-0.05, 0) is 36.2 Å². The first-order valence-corrected chi connectivity index (χ1v) is 6.57. The van der Waals surface area contributed by atoms with Crippen molar-refractivity contribution in [1.29, 1.82) is 0 Å². The number of benzene rings is 2. The van der Waals surface area contributed by atoms with E-state index in [2.05, 4.69) is 6.92 Å². The maximum atomic E-state index is 13.6. The van der Waals surface area contributed by atoms with Gasteiger partial charge in [0.05, 0.1) is 12.4 Å². The van der Waals surface area contributed by atoms with Crippen LogP contribution in [0.1, 0.15) is 17.7 Å². The van der Waals surface area contributed by atoms with Gasteiger partial charge in [0.2, 0.25) is 0 Å². The maximum absolute atomic E-state index is 13.6. The first-order valence-electron chi connectivity index (χ1n) is 5.76. The second-order valence-corrected chi connectivity index (χ2v) is 5.24. The summed E-state index contributed by atoms with van der Waals surface area (Å²) in [6.45, 7) is 2.08. The fraction of sp³-hybridized carbons (Fsp3) is 0.200. The maximum Gasteiger partial charge on any atom is 0.131 e. The molecule has 0 aliphatic rings. The molecule has 0 bridgehead atoms. The largest absolute Gasteiger partial charge is 0.318 e. The standard InChI is InChI=1S/C15H15FOS/c1-11(18-17-2)12-7-9-13(10-8-12)14-5-3-4-6-15(14)16/h3-11H,1-2H3. The molecule has 1 nitrogen and oxygen atoms in total. The van der Waals surface area contributed by atoms with Crippen LogP contribution in [0.4, 0.5) is 4.39 Å². The van der Waals surface area contributed by atoms with Crippen molar-refractivity contribution in [2.24, 2.45) is 0 Å². The summed E-state index contributed by atoms with van der Waals surface area (Å²) in [7, 11) is 1.66. The van der Waals surface area contributed by atoms with Crippen LogP contribution < -0.4 is 0 Å². The molecule has 1 atom stereocenters. The Morgan fingerprint density at radius 1 is 1.06 bits per heavy atom. The highest BCUT2D eigenvalue weighted by atomic mass is 32.2. The van der Waals surface area contributed by atoms with Gasteiger partial charge < -0.3 is 4.18 Å². The lowest BCUT2D eigenvalue weighted by atomic mass is 10.0. The number of hydrogen-bond donors (Lipinski definition) is 0. The molecule has 0 N–H and O–H groups in total. The third kappa shape index (κ3) is 2.92. The molecule has 0 spiro atoms. The fourth-order valence-corrected chi connectivity index (χ4v) is 2.39. The Morgan fingerprint density at radius 2 is 1.72 bits per heavy atom. The molecule has 0 radical (unpaired) electrons. The van der Waals surface area contributed by atoms with Crippen LogP contribution in [0, 0.1) is 5.82 Å². The number of hydrogen-bond acceptors (Lipinski definition) is 2. The van der Waals surface area contributed by atoms with E-state index >= 15 is 0 Å². The first-order chi connectivity index (χ1) is 8.72. The average Bonchev–Trinajstić information content (AvgIpc) is 2.40. The molecule has 0 aliphatic heterocycles. The third-order valence-corrected chi connectivity index (χ3v) is 3.56.